The molecule has 5 rings (SSSR count). The Hall–Kier alpha value is -2.64. The van der Waals surface area contributed by atoms with Crippen molar-refractivity contribution < 1.29 is 4.79 Å². The molecule has 0 bridgehead atoms. The maximum absolute atomic E-state index is 13.0. The van der Waals surface area contributed by atoms with Crippen LogP contribution in [-0.4, -0.2) is 39.1 Å². The number of aromatic amines is 1. The molecule has 30 heavy (non-hydrogen) atoms. The Labute approximate surface area is 180 Å². The molecule has 7 heteroatoms. The molecule has 3 aromatic rings. The summed E-state index contributed by atoms with van der Waals surface area (Å²) in [4.78, 5) is 27.9. The number of rotatable bonds is 5. The third kappa shape index (κ3) is 3.42. The number of nitrogens with zero attached hydrogens (tertiary/aromatic N) is 3. The maximum Gasteiger partial charge on any atom is 0.170 e. The SMILES string of the molecule is Cc1c[nH]c2ncnc(N3C=C(C(=O)CC[C@H]4c5ccccc5C[C@H]4N)SCC3)c12. The van der Waals surface area contributed by atoms with Gasteiger partial charge < -0.3 is 15.6 Å². The van der Waals surface area contributed by atoms with Crippen molar-refractivity contribution in [3.8, 4) is 0 Å². The number of H-pyrrole nitrogens is 1. The van der Waals surface area contributed by atoms with E-state index in [4.69, 9.17) is 5.73 Å². The Bertz CT molecular complexity index is 1140. The predicted molar refractivity (Wildman–Crippen MR) is 122 cm³/mol. The van der Waals surface area contributed by atoms with Crippen LogP contribution in [0.2, 0.25) is 0 Å². The molecule has 2 aliphatic rings. The molecule has 154 valence electrons. The molecular formula is C23H25N5OS. The van der Waals surface area contributed by atoms with Gasteiger partial charge in [0, 0.05) is 43.1 Å². The van der Waals surface area contributed by atoms with E-state index < -0.39 is 0 Å². The smallest absolute Gasteiger partial charge is 0.170 e. The summed E-state index contributed by atoms with van der Waals surface area (Å²) < 4.78 is 0. The van der Waals surface area contributed by atoms with Crippen molar-refractivity contribution in [1.29, 1.82) is 0 Å². The lowest BCUT2D eigenvalue weighted by Crippen LogP contribution is -2.27. The van der Waals surface area contributed by atoms with Gasteiger partial charge in [-0.25, -0.2) is 9.97 Å². The van der Waals surface area contributed by atoms with Crippen LogP contribution in [0.25, 0.3) is 11.0 Å². The molecule has 0 amide bonds. The number of Topliss-reactive ketones (excluding diaryl/α,β-unsaturated/α-hetero) is 1. The number of aromatic nitrogens is 3. The van der Waals surface area contributed by atoms with Crippen LogP contribution in [0, 0.1) is 6.92 Å². The van der Waals surface area contributed by atoms with Crippen molar-refractivity contribution in [2.75, 3.05) is 17.2 Å². The summed E-state index contributed by atoms with van der Waals surface area (Å²) >= 11 is 1.64. The first-order chi connectivity index (χ1) is 14.6. The van der Waals surface area contributed by atoms with Crippen LogP contribution in [0.5, 0.6) is 0 Å². The molecule has 3 N–H and O–H groups in total. The minimum Gasteiger partial charge on any atom is -0.346 e. The highest BCUT2D eigenvalue weighted by Crippen LogP contribution is 2.37. The molecular weight excluding hydrogens is 394 g/mol. The largest absolute Gasteiger partial charge is 0.346 e. The van der Waals surface area contributed by atoms with Crippen LogP contribution in [0.15, 0.2) is 47.9 Å². The zero-order valence-electron chi connectivity index (χ0n) is 17.0. The second kappa shape index (κ2) is 7.89. The summed E-state index contributed by atoms with van der Waals surface area (Å²) in [5.74, 6) is 2.17. The summed E-state index contributed by atoms with van der Waals surface area (Å²) in [6.07, 6.45) is 7.70. The second-order valence-corrected chi connectivity index (χ2v) is 9.20. The number of carbonyl (C=O) groups excluding carboxylic acids is 1. The van der Waals surface area contributed by atoms with Gasteiger partial charge in [0.25, 0.3) is 0 Å². The van der Waals surface area contributed by atoms with Crippen LogP contribution in [-0.2, 0) is 11.2 Å². The van der Waals surface area contributed by atoms with E-state index in [1.165, 1.54) is 11.1 Å². The number of nitrogens with one attached hydrogen (secondary N) is 1. The van der Waals surface area contributed by atoms with Crippen molar-refractivity contribution in [2.45, 2.75) is 38.1 Å². The van der Waals surface area contributed by atoms with E-state index in [1.807, 2.05) is 19.3 Å². The van der Waals surface area contributed by atoms with Crippen molar-refractivity contribution >= 4 is 34.4 Å². The average Bonchev–Trinajstić information content (AvgIpc) is 3.31. The number of hydrogen-bond acceptors (Lipinski definition) is 6. The number of allylic oxidation sites excluding steroid dienone is 1. The van der Waals surface area contributed by atoms with Gasteiger partial charge in [-0.05, 0) is 36.5 Å². The zero-order valence-corrected chi connectivity index (χ0v) is 17.8. The van der Waals surface area contributed by atoms with Gasteiger partial charge in [0.15, 0.2) is 5.78 Å². The molecule has 2 aromatic heterocycles. The van der Waals surface area contributed by atoms with Gasteiger partial charge >= 0.3 is 0 Å². The first kappa shape index (κ1) is 19.3. The van der Waals surface area contributed by atoms with E-state index in [1.54, 1.807) is 18.1 Å². The fourth-order valence-electron chi connectivity index (χ4n) is 4.62. The fourth-order valence-corrected chi connectivity index (χ4v) is 5.59. The number of benzene rings is 1. The topological polar surface area (TPSA) is 87.9 Å². The highest BCUT2D eigenvalue weighted by Gasteiger charge is 2.30. The first-order valence-corrected chi connectivity index (χ1v) is 11.4. The molecule has 2 atom stereocenters. The second-order valence-electron chi connectivity index (χ2n) is 8.06. The zero-order chi connectivity index (χ0) is 20.7. The Morgan fingerprint density at radius 2 is 2.20 bits per heavy atom. The van der Waals surface area contributed by atoms with E-state index in [2.05, 4.69) is 44.1 Å². The highest BCUT2D eigenvalue weighted by atomic mass is 32.2. The highest BCUT2D eigenvalue weighted by molar-refractivity contribution is 8.04. The van der Waals surface area contributed by atoms with Crippen LogP contribution >= 0.6 is 11.8 Å². The standard InChI is InChI=1S/C23H25N5OS/c1-14-11-25-22-21(14)23(27-13-26-22)28-8-9-30-20(12-28)19(29)7-6-17-16-5-3-2-4-15(16)10-18(17)24/h2-5,11-13,17-18H,6-10,24H2,1H3,(H,25,26,27)/t17-,18+/m0/s1. The number of fused-ring (bicyclic) bond motifs is 2. The average molecular weight is 420 g/mol. The quantitative estimate of drug-likeness (QED) is 0.656. The van der Waals surface area contributed by atoms with E-state index in [0.717, 1.165) is 52.5 Å². The number of nitrogens with two attached hydrogens (primary N) is 1. The molecule has 0 saturated heterocycles. The lowest BCUT2D eigenvalue weighted by atomic mass is 9.92. The molecule has 1 aromatic carbocycles. The Balaban J connectivity index is 1.33. The number of carbonyl (C=O) groups is 1. The number of thioether (sulfide) groups is 1. The minimum atomic E-state index is 0.102. The third-order valence-corrected chi connectivity index (χ3v) is 7.20. The van der Waals surface area contributed by atoms with Gasteiger partial charge in [0.2, 0.25) is 0 Å². The van der Waals surface area contributed by atoms with Crippen LogP contribution in [0.1, 0.15) is 35.4 Å². The molecule has 1 aliphatic heterocycles. The summed E-state index contributed by atoms with van der Waals surface area (Å²) in [5, 5.41) is 1.01. The molecule has 0 radical (unpaired) electrons. The number of aryl methyl sites for hydroxylation is 1. The number of anilines is 1. The Morgan fingerprint density at radius 3 is 3.10 bits per heavy atom. The van der Waals surface area contributed by atoms with Crippen molar-refractivity contribution in [2.24, 2.45) is 5.73 Å². The minimum absolute atomic E-state index is 0.102. The molecule has 1 aliphatic carbocycles. The van der Waals surface area contributed by atoms with E-state index in [-0.39, 0.29) is 17.7 Å². The Kier molecular flexibility index (Phi) is 5.08. The molecule has 0 fully saturated rings. The summed E-state index contributed by atoms with van der Waals surface area (Å²) in [6.45, 7) is 2.86. The third-order valence-electron chi connectivity index (χ3n) is 6.17. The van der Waals surface area contributed by atoms with Gasteiger partial charge in [0.05, 0.1) is 10.3 Å². The maximum atomic E-state index is 13.0. The lowest BCUT2D eigenvalue weighted by molar-refractivity contribution is -0.115. The van der Waals surface area contributed by atoms with Gasteiger partial charge in [0.1, 0.15) is 17.8 Å². The van der Waals surface area contributed by atoms with E-state index >= 15 is 0 Å². The first-order valence-electron chi connectivity index (χ1n) is 10.4. The van der Waals surface area contributed by atoms with Crippen LogP contribution in [0.4, 0.5) is 5.82 Å². The van der Waals surface area contributed by atoms with Gasteiger partial charge in [-0.3, -0.25) is 4.79 Å². The Morgan fingerprint density at radius 1 is 1.33 bits per heavy atom. The fraction of sp³-hybridized carbons (Fsp3) is 0.348. The summed E-state index contributed by atoms with van der Waals surface area (Å²) in [5.41, 5.74) is 11.0. The number of ketones is 1. The normalized spacial score (nSPS) is 21.0. The van der Waals surface area contributed by atoms with Gasteiger partial charge in [-0.2, -0.15) is 0 Å². The van der Waals surface area contributed by atoms with E-state index in [9.17, 15) is 4.79 Å². The monoisotopic (exact) mass is 419 g/mol. The van der Waals surface area contributed by atoms with Crippen molar-refractivity contribution in [3.63, 3.8) is 0 Å². The molecule has 0 unspecified atom stereocenters. The molecule has 0 spiro atoms. The molecule has 0 saturated carbocycles. The van der Waals surface area contributed by atoms with Crippen molar-refractivity contribution in [1.82, 2.24) is 15.0 Å². The van der Waals surface area contributed by atoms with E-state index in [0.29, 0.717) is 6.42 Å². The van der Waals surface area contributed by atoms with Crippen LogP contribution in [0.3, 0.4) is 0 Å². The molecule has 6 nitrogen and oxygen atoms in total. The summed E-state index contributed by atoms with van der Waals surface area (Å²) in [6, 6.07) is 8.54. The lowest BCUT2D eigenvalue weighted by Gasteiger charge is -2.26. The summed E-state index contributed by atoms with van der Waals surface area (Å²) in [7, 11) is 0. The number of hydrogen-bond donors (Lipinski definition) is 2. The van der Waals surface area contributed by atoms with Crippen LogP contribution < -0.4 is 10.6 Å². The van der Waals surface area contributed by atoms with Gasteiger partial charge in [-0.15, -0.1) is 11.8 Å². The van der Waals surface area contributed by atoms with Crippen molar-refractivity contribution in [3.05, 3.63) is 64.6 Å². The predicted octanol–water partition coefficient (Wildman–Crippen LogP) is 3.68. The van der Waals surface area contributed by atoms with Gasteiger partial charge in [-0.1, -0.05) is 24.3 Å². The molecule has 3 heterocycles.